The fraction of sp³-hybridized carbons (Fsp3) is 0.111. The van der Waals surface area contributed by atoms with Crippen molar-refractivity contribution in [3.63, 3.8) is 0 Å². The van der Waals surface area contributed by atoms with E-state index in [1.807, 2.05) is 42.5 Å². The van der Waals surface area contributed by atoms with Gasteiger partial charge >= 0.3 is 5.97 Å². The number of nitrogens with zero attached hydrogens (tertiary/aromatic N) is 1. The molecular formula is C18H16N2O3. The number of carboxylic acid groups (broad SMARTS) is 1. The van der Waals surface area contributed by atoms with E-state index in [-0.39, 0.29) is 12.0 Å². The van der Waals surface area contributed by atoms with Gasteiger partial charge in [0.2, 0.25) is 0 Å². The predicted molar refractivity (Wildman–Crippen MR) is 89.9 cm³/mol. The lowest BCUT2D eigenvalue weighted by Crippen LogP contribution is -2.14. The van der Waals surface area contributed by atoms with Gasteiger partial charge in [-0.3, -0.25) is 0 Å². The standard InChI is InChI=1S/C18H16N2O3/c1-23-15-5-2-11(3-6-15)12-4-7-16-13(8-12)9-14(18(21)22)10-17(19)20-16/h2-9H,10H2,1H3,(H2,19,20)(H,21,22). The molecule has 1 aliphatic heterocycles. The molecule has 0 spiro atoms. The van der Waals surface area contributed by atoms with E-state index in [1.165, 1.54) is 0 Å². The van der Waals surface area contributed by atoms with Crippen molar-refractivity contribution >= 4 is 23.6 Å². The number of aliphatic carboxylic acids is 1. The molecular weight excluding hydrogens is 292 g/mol. The van der Waals surface area contributed by atoms with E-state index in [9.17, 15) is 9.90 Å². The molecule has 0 atom stereocenters. The highest BCUT2D eigenvalue weighted by Gasteiger charge is 2.15. The topological polar surface area (TPSA) is 84.9 Å². The molecule has 0 fully saturated rings. The van der Waals surface area contributed by atoms with Gasteiger partial charge in [-0.15, -0.1) is 0 Å². The second kappa shape index (κ2) is 5.96. The highest BCUT2D eigenvalue weighted by molar-refractivity contribution is 6.02. The Kier molecular flexibility index (Phi) is 3.85. The van der Waals surface area contributed by atoms with Gasteiger partial charge in [-0.05, 0) is 41.5 Å². The predicted octanol–water partition coefficient (Wildman–Crippen LogP) is 3.22. The molecule has 0 aromatic heterocycles. The summed E-state index contributed by atoms with van der Waals surface area (Å²) in [6.45, 7) is 0. The zero-order valence-electron chi connectivity index (χ0n) is 12.6. The van der Waals surface area contributed by atoms with Crippen LogP contribution in [0.2, 0.25) is 0 Å². The van der Waals surface area contributed by atoms with Gasteiger partial charge < -0.3 is 15.6 Å². The minimum absolute atomic E-state index is 0.141. The van der Waals surface area contributed by atoms with Gasteiger partial charge in [0.05, 0.1) is 12.8 Å². The zero-order chi connectivity index (χ0) is 16.4. The van der Waals surface area contributed by atoms with Gasteiger partial charge in [0.1, 0.15) is 11.6 Å². The summed E-state index contributed by atoms with van der Waals surface area (Å²) >= 11 is 0. The van der Waals surface area contributed by atoms with E-state index in [1.54, 1.807) is 13.2 Å². The molecule has 2 aromatic carbocycles. The number of nitrogens with two attached hydrogens (primary N) is 1. The molecule has 0 saturated heterocycles. The second-order valence-corrected chi connectivity index (χ2v) is 5.26. The molecule has 116 valence electrons. The minimum atomic E-state index is -0.981. The van der Waals surface area contributed by atoms with Gasteiger partial charge in [-0.1, -0.05) is 18.2 Å². The first-order chi connectivity index (χ1) is 11.1. The second-order valence-electron chi connectivity index (χ2n) is 5.26. The van der Waals surface area contributed by atoms with Gasteiger partial charge in [0.15, 0.2) is 0 Å². The number of hydrogen-bond donors (Lipinski definition) is 2. The Labute approximate surface area is 133 Å². The first-order valence-electron chi connectivity index (χ1n) is 7.12. The van der Waals surface area contributed by atoms with E-state index in [0.717, 1.165) is 22.4 Å². The third kappa shape index (κ3) is 3.08. The summed E-state index contributed by atoms with van der Waals surface area (Å²) in [5.74, 6) is 0.106. The van der Waals surface area contributed by atoms with Crippen molar-refractivity contribution in [3.05, 3.63) is 53.6 Å². The molecule has 5 heteroatoms. The van der Waals surface area contributed by atoms with Crippen LogP contribution in [0, 0.1) is 0 Å². The van der Waals surface area contributed by atoms with Crippen molar-refractivity contribution in [2.45, 2.75) is 6.42 Å². The highest BCUT2D eigenvalue weighted by atomic mass is 16.5. The molecule has 23 heavy (non-hydrogen) atoms. The molecule has 1 aliphatic rings. The number of rotatable bonds is 3. The summed E-state index contributed by atoms with van der Waals surface area (Å²) < 4.78 is 5.16. The minimum Gasteiger partial charge on any atom is -0.497 e. The normalized spacial score (nSPS) is 13.4. The van der Waals surface area contributed by atoms with Crippen molar-refractivity contribution in [1.29, 1.82) is 0 Å². The average Bonchev–Trinajstić information content (AvgIpc) is 2.72. The fourth-order valence-corrected chi connectivity index (χ4v) is 2.50. The van der Waals surface area contributed by atoms with Crippen LogP contribution in [0.1, 0.15) is 12.0 Å². The van der Waals surface area contributed by atoms with Crippen LogP contribution < -0.4 is 10.5 Å². The molecule has 5 nitrogen and oxygen atoms in total. The van der Waals surface area contributed by atoms with Crippen LogP contribution >= 0.6 is 0 Å². The number of amidine groups is 1. The number of carbonyl (C=O) groups is 1. The molecule has 0 aliphatic carbocycles. The summed E-state index contributed by atoms with van der Waals surface area (Å²) in [6, 6.07) is 13.4. The molecule has 2 aromatic rings. The summed E-state index contributed by atoms with van der Waals surface area (Å²) in [4.78, 5) is 15.6. The van der Waals surface area contributed by atoms with E-state index < -0.39 is 5.97 Å². The zero-order valence-corrected chi connectivity index (χ0v) is 12.6. The van der Waals surface area contributed by atoms with Crippen molar-refractivity contribution in [3.8, 4) is 16.9 Å². The largest absolute Gasteiger partial charge is 0.497 e. The summed E-state index contributed by atoms with van der Waals surface area (Å²) in [5.41, 5.74) is 9.44. The quantitative estimate of drug-likeness (QED) is 0.911. The van der Waals surface area contributed by atoms with Crippen molar-refractivity contribution < 1.29 is 14.6 Å². The molecule has 0 bridgehead atoms. The van der Waals surface area contributed by atoms with Gasteiger partial charge in [0.25, 0.3) is 0 Å². The Morgan fingerprint density at radius 1 is 1.17 bits per heavy atom. The number of aliphatic imine (C=N–C) groups is 1. The van der Waals surface area contributed by atoms with Crippen LogP contribution in [0.25, 0.3) is 17.2 Å². The number of benzene rings is 2. The van der Waals surface area contributed by atoms with Crippen LogP contribution in [0.3, 0.4) is 0 Å². The van der Waals surface area contributed by atoms with Crippen molar-refractivity contribution in [2.75, 3.05) is 7.11 Å². The van der Waals surface area contributed by atoms with Crippen LogP contribution in [0.5, 0.6) is 5.75 Å². The van der Waals surface area contributed by atoms with E-state index >= 15 is 0 Å². The molecule has 0 amide bonds. The summed E-state index contributed by atoms with van der Waals surface area (Å²) in [5, 5.41) is 9.26. The lowest BCUT2D eigenvalue weighted by atomic mass is 10.0. The number of methoxy groups -OCH3 is 1. The SMILES string of the molecule is COc1ccc(-c2ccc3c(c2)C=C(C(=O)O)CC(N)=N3)cc1. The Bertz CT molecular complexity index is 821. The van der Waals surface area contributed by atoms with Crippen LogP contribution in [0.15, 0.2) is 53.0 Å². The Hall–Kier alpha value is -3.08. The first-order valence-corrected chi connectivity index (χ1v) is 7.12. The fourth-order valence-electron chi connectivity index (χ4n) is 2.50. The van der Waals surface area contributed by atoms with Crippen LogP contribution in [0.4, 0.5) is 5.69 Å². The Balaban J connectivity index is 2.07. The number of hydrogen-bond acceptors (Lipinski definition) is 4. The lowest BCUT2D eigenvalue weighted by molar-refractivity contribution is -0.132. The van der Waals surface area contributed by atoms with Gasteiger partial charge in [0, 0.05) is 17.6 Å². The number of carboxylic acids is 1. The molecule has 3 N–H and O–H groups in total. The van der Waals surface area contributed by atoms with Gasteiger partial charge in [-0.25, -0.2) is 9.79 Å². The lowest BCUT2D eigenvalue weighted by Gasteiger charge is -2.07. The van der Waals surface area contributed by atoms with E-state index in [4.69, 9.17) is 10.5 Å². The molecule has 1 heterocycles. The van der Waals surface area contributed by atoms with E-state index in [2.05, 4.69) is 4.99 Å². The maximum Gasteiger partial charge on any atom is 0.332 e. The highest BCUT2D eigenvalue weighted by Crippen LogP contribution is 2.31. The Morgan fingerprint density at radius 2 is 1.87 bits per heavy atom. The van der Waals surface area contributed by atoms with Gasteiger partial charge in [-0.2, -0.15) is 0 Å². The maximum atomic E-state index is 11.3. The third-order valence-corrected chi connectivity index (χ3v) is 3.69. The summed E-state index contributed by atoms with van der Waals surface area (Å²) in [6.07, 6.45) is 1.77. The first kappa shape index (κ1) is 14.8. The third-order valence-electron chi connectivity index (χ3n) is 3.69. The molecule has 3 rings (SSSR count). The van der Waals surface area contributed by atoms with Crippen LogP contribution in [-0.4, -0.2) is 24.0 Å². The smallest absolute Gasteiger partial charge is 0.332 e. The van der Waals surface area contributed by atoms with Crippen molar-refractivity contribution in [1.82, 2.24) is 0 Å². The monoisotopic (exact) mass is 308 g/mol. The number of fused-ring (bicyclic) bond motifs is 1. The van der Waals surface area contributed by atoms with E-state index in [0.29, 0.717) is 11.5 Å². The number of ether oxygens (including phenoxy) is 1. The maximum absolute atomic E-state index is 11.3. The summed E-state index contributed by atoms with van der Waals surface area (Å²) in [7, 11) is 1.62. The van der Waals surface area contributed by atoms with Crippen LogP contribution in [-0.2, 0) is 4.79 Å². The molecule has 0 unspecified atom stereocenters. The average molecular weight is 308 g/mol. The Morgan fingerprint density at radius 3 is 2.52 bits per heavy atom. The van der Waals surface area contributed by atoms with Crippen molar-refractivity contribution in [2.24, 2.45) is 10.7 Å². The molecule has 0 saturated carbocycles. The molecule has 0 radical (unpaired) electrons.